The first-order valence-electron chi connectivity index (χ1n) is 8.74. The summed E-state index contributed by atoms with van der Waals surface area (Å²) in [6, 6.07) is 9.76. The smallest absolute Gasteiger partial charge is 0.257 e. The van der Waals surface area contributed by atoms with Gasteiger partial charge in [-0.2, -0.15) is 4.31 Å². The second kappa shape index (κ2) is 9.14. The minimum atomic E-state index is -3.80. The number of amides is 1. The molecule has 2 aromatic rings. The van der Waals surface area contributed by atoms with Crippen LogP contribution in [0, 0.1) is 0 Å². The Bertz CT molecular complexity index is 1020. The van der Waals surface area contributed by atoms with Crippen molar-refractivity contribution in [2.45, 2.75) is 9.79 Å². The van der Waals surface area contributed by atoms with Gasteiger partial charge in [-0.3, -0.25) is 4.79 Å². The molecule has 1 aliphatic rings. The highest BCUT2D eigenvalue weighted by Crippen LogP contribution is 2.29. The maximum absolute atomic E-state index is 12.9. The molecule has 2 aromatic carbocycles. The molecule has 10 heteroatoms. The van der Waals surface area contributed by atoms with Crippen molar-refractivity contribution in [2.24, 2.45) is 0 Å². The Kier molecular flexibility index (Phi) is 7.01. The van der Waals surface area contributed by atoms with E-state index in [2.05, 4.69) is 0 Å². The van der Waals surface area contributed by atoms with Crippen molar-refractivity contribution in [3.05, 3.63) is 52.0 Å². The average molecular weight is 475 g/mol. The highest BCUT2D eigenvalue weighted by atomic mass is 35.5. The predicted molar refractivity (Wildman–Crippen MR) is 116 cm³/mol. The number of halogens is 2. The number of carbonyl (C=O) groups excluding carboxylic acids is 1. The molecular weight excluding hydrogens is 455 g/mol. The predicted octanol–water partition coefficient (Wildman–Crippen LogP) is 3.87. The van der Waals surface area contributed by atoms with Crippen molar-refractivity contribution >= 4 is 50.9 Å². The van der Waals surface area contributed by atoms with Gasteiger partial charge in [-0.15, -0.1) is 11.8 Å². The number of piperazine rings is 1. The van der Waals surface area contributed by atoms with Gasteiger partial charge in [0.2, 0.25) is 10.0 Å². The molecule has 29 heavy (non-hydrogen) atoms. The van der Waals surface area contributed by atoms with Gasteiger partial charge in [0, 0.05) is 36.1 Å². The van der Waals surface area contributed by atoms with Crippen LogP contribution in [0.15, 0.2) is 46.2 Å². The van der Waals surface area contributed by atoms with Crippen LogP contribution in [0.1, 0.15) is 10.4 Å². The van der Waals surface area contributed by atoms with Gasteiger partial charge in [0.25, 0.3) is 5.91 Å². The van der Waals surface area contributed by atoms with E-state index in [9.17, 15) is 13.2 Å². The fourth-order valence-corrected chi connectivity index (χ4v) is 5.68. The maximum Gasteiger partial charge on any atom is 0.257 e. The molecule has 1 heterocycles. The number of ether oxygens (including phenoxy) is 1. The Morgan fingerprint density at radius 1 is 1.07 bits per heavy atom. The van der Waals surface area contributed by atoms with Gasteiger partial charge in [-0.25, -0.2) is 8.42 Å². The van der Waals surface area contributed by atoms with Crippen molar-refractivity contribution in [3.63, 3.8) is 0 Å². The molecule has 6 nitrogen and oxygen atoms in total. The van der Waals surface area contributed by atoms with E-state index in [1.54, 1.807) is 22.7 Å². The van der Waals surface area contributed by atoms with Crippen LogP contribution < -0.4 is 4.74 Å². The molecule has 1 aliphatic heterocycles. The molecule has 0 unspecified atom stereocenters. The molecule has 3 rings (SSSR count). The summed E-state index contributed by atoms with van der Waals surface area (Å²) in [4.78, 5) is 15.5. The van der Waals surface area contributed by atoms with Crippen molar-refractivity contribution in [1.29, 1.82) is 0 Å². The Morgan fingerprint density at radius 2 is 1.76 bits per heavy atom. The van der Waals surface area contributed by atoms with Crippen molar-refractivity contribution in [1.82, 2.24) is 9.21 Å². The van der Waals surface area contributed by atoms with Crippen LogP contribution in [-0.2, 0) is 10.0 Å². The molecule has 0 atom stereocenters. The van der Waals surface area contributed by atoms with Gasteiger partial charge in [0.15, 0.2) is 0 Å². The lowest BCUT2D eigenvalue weighted by Crippen LogP contribution is -2.50. The number of nitrogens with zero attached hydrogens (tertiary/aromatic N) is 2. The number of hydrogen-bond donors (Lipinski definition) is 0. The van der Waals surface area contributed by atoms with Gasteiger partial charge in [-0.05, 0) is 42.7 Å². The zero-order chi connectivity index (χ0) is 21.2. The summed E-state index contributed by atoms with van der Waals surface area (Å²) in [5.41, 5.74) is 0.458. The van der Waals surface area contributed by atoms with Gasteiger partial charge < -0.3 is 9.64 Å². The summed E-state index contributed by atoms with van der Waals surface area (Å²) < 4.78 is 32.6. The van der Waals surface area contributed by atoms with Crippen LogP contribution >= 0.6 is 35.0 Å². The fraction of sp³-hybridized carbons (Fsp3) is 0.316. The first-order valence-corrected chi connectivity index (χ1v) is 12.2. The molecule has 1 fully saturated rings. The molecule has 1 amide bonds. The van der Waals surface area contributed by atoms with E-state index in [4.69, 9.17) is 27.9 Å². The van der Waals surface area contributed by atoms with E-state index in [0.717, 1.165) is 4.90 Å². The van der Waals surface area contributed by atoms with E-state index in [-0.39, 0.29) is 42.0 Å². The minimum Gasteiger partial charge on any atom is -0.496 e. The van der Waals surface area contributed by atoms with Crippen molar-refractivity contribution in [3.8, 4) is 5.75 Å². The molecule has 0 N–H and O–H groups in total. The van der Waals surface area contributed by atoms with Gasteiger partial charge >= 0.3 is 0 Å². The summed E-state index contributed by atoms with van der Waals surface area (Å²) >= 11 is 13.6. The van der Waals surface area contributed by atoms with Crippen LogP contribution in [-0.4, -0.2) is 63.1 Å². The minimum absolute atomic E-state index is 0.0271. The largest absolute Gasteiger partial charge is 0.496 e. The summed E-state index contributed by atoms with van der Waals surface area (Å²) in [7, 11) is -2.28. The number of carbonyl (C=O) groups is 1. The molecular formula is C19H20Cl2N2O4S2. The van der Waals surface area contributed by atoms with Gasteiger partial charge in [0.05, 0.1) is 17.7 Å². The van der Waals surface area contributed by atoms with Crippen molar-refractivity contribution < 1.29 is 17.9 Å². The number of thioether (sulfide) groups is 1. The quantitative estimate of drug-likeness (QED) is 0.615. The van der Waals surface area contributed by atoms with Crippen LogP contribution in [0.5, 0.6) is 5.75 Å². The molecule has 0 aromatic heterocycles. The van der Waals surface area contributed by atoms with Gasteiger partial charge in [-0.1, -0.05) is 23.2 Å². The lowest BCUT2D eigenvalue weighted by Gasteiger charge is -2.34. The molecule has 0 radical (unpaired) electrons. The van der Waals surface area contributed by atoms with E-state index in [1.807, 2.05) is 18.4 Å². The third kappa shape index (κ3) is 4.67. The topological polar surface area (TPSA) is 66.9 Å². The highest BCUT2D eigenvalue weighted by Gasteiger charge is 2.32. The summed E-state index contributed by atoms with van der Waals surface area (Å²) in [6.45, 7) is 0.873. The molecule has 0 saturated carbocycles. The number of methoxy groups -OCH3 is 1. The van der Waals surface area contributed by atoms with E-state index in [1.165, 1.54) is 29.6 Å². The average Bonchev–Trinajstić information content (AvgIpc) is 2.74. The Labute approximate surface area is 184 Å². The highest BCUT2D eigenvalue weighted by molar-refractivity contribution is 7.98. The molecule has 0 spiro atoms. The lowest BCUT2D eigenvalue weighted by atomic mass is 10.1. The number of benzene rings is 2. The van der Waals surface area contributed by atoms with E-state index in [0.29, 0.717) is 16.3 Å². The second-order valence-corrected chi connectivity index (χ2v) is 9.97. The van der Waals surface area contributed by atoms with E-state index < -0.39 is 10.0 Å². The summed E-state index contributed by atoms with van der Waals surface area (Å²) in [5.74, 6) is 0.315. The maximum atomic E-state index is 12.9. The number of sulfonamides is 1. The fourth-order valence-electron chi connectivity index (χ4n) is 3.09. The second-order valence-electron chi connectivity index (χ2n) is 6.34. The molecule has 156 valence electrons. The Hall–Kier alpha value is -1.45. The SMILES string of the molecule is COc1cc(SC)ccc1C(=O)N1CCN(S(=O)(=O)c2cc(Cl)ccc2Cl)CC1. The zero-order valence-corrected chi connectivity index (χ0v) is 19.0. The first kappa shape index (κ1) is 22.2. The third-order valence-corrected chi connectivity index (χ3v) is 8.02. The summed E-state index contributed by atoms with van der Waals surface area (Å²) in [5, 5.41) is 0.411. The Morgan fingerprint density at radius 3 is 2.38 bits per heavy atom. The van der Waals surface area contributed by atoms with Crippen LogP contribution in [0.25, 0.3) is 0 Å². The first-order chi connectivity index (χ1) is 13.8. The van der Waals surface area contributed by atoms with Crippen LogP contribution in [0.2, 0.25) is 10.0 Å². The standard InChI is InChI=1S/C19H20Cl2N2O4S2/c1-27-17-12-14(28-2)4-5-15(17)19(24)22-7-9-23(10-8-22)29(25,26)18-11-13(20)3-6-16(18)21/h3-6,11-12H,7-10H2,1-2H3. The number of rotatable bonds is 5. The lowest BCUT2D eigenvalue weighted by molar-refractivity contribution is 0.0694. The molecule has 1 saturated heterocycles. The number of hydrogen-bond acceptors (Lipinski definition) is 5. The summed E-state index contributed by atoms with van der Waals surface area (Å²) in [6.07, 6.45) is 1.95. The third-order valence-electron chi connectivity index (χ3n) is 4.68. The van der Waals surface area contributed by atoms with E-state index >= 15 is 0 Å². The molecule has 0 aliphatic carbocycles. The van der Waals surface area contributed by atoms with Crippen LogP contribution in [0.4, 0.5) is 0 Å². The van der Waals surface area contributed by atoms with Gasteiger partial charge in [0.1, 0.15) is 10.6 Å². The normalized spacial score (nSPS) is 15.4. The monoisotopic (exact) mass is 474 g/mol. The Balaban J connectivity index is 1.75. The van der Waals surface area contributed by atoms with Crippen molar-refractivity contribution in [2.75, 3.05) is 39.5 Å². The zero-order valence-electron chi connectivity index (χ0n) is 15.9. The van der Waals surface area contributed by atoms with Crippen LogP contribution in [0.3, 0.4) is 0 Å². The molecule has 0 bridgehead atoms.